The number of hydrogen-bond donors (Lipinski definition) is 1. The molecule has 0 atom stereocenters. The highest BCUT2D eigenvalue weighted by Gasteiger charge is 2.08. The highest BCUT2D eigenvalue weighted by molar-refractivity contribution is 5.89. The maximum atomic E-state index is 10.9. The van der Waals surface area contributed by atoms with Gasteiger partial charge in [-0.2, -0.15) is 0 Å². The standard InChI is InChI=1S/C13H14N2O2/c1-8-6-9(7-12(14)16)15-10-4-3-5-11(17-2)13(8)10/h3-6H,7H2,1-2H3,(H2,14,16). The van der Waals surface area contributed by atoms with Crippen molar-refractivity contribution in [2.45, 2.75) is 13.3 Å². The van der Waals surface area contributed by atoms with Crippen molar-refractivity contribution >= 4 is 16.8 Å². The van der Waals surface area contributed by atoms with Crippen molar-refractivity contribution in [2.75, 3.05) is 7.11 Å². The molecule has 0 radical (unpaired) electrons. The normalized spacial score (nSPS) is 10.5. The highest BCUT2D eigenvalue weighted by atomic mass is 16.5. The number of aromatic nitrogens is 1. The fourth-order valence-electron chi connectivity index (χ4n) is 1.96. The molecular formula is C13H14N2O2. The Labute approximate surface area is 99.4 Å². The van der Waals surface area contributed by atoms with Crippen LogP contribution in [0.15, 0.2) is 24.3 Å². The predicted octanol–water partition coefficient (Wildman–Crippen LogP) is 1.58. The van der Waals surface area contributed by atoms with Gasteiger partial charge in [-0.3, -0.25) is 9.78 Å². The molecule has 1 heterocycles. The molecule has 0 aliphatic carbocycles. The van der Waals surface area contributed by atoms with Crippen molar-refractivity contribution in [3.8, 4) is 5.75 Å². The van der Waals surface area contributed by atoms with Crippen molar-refractivity contribution in [3.05, 3.63) is 35.5 Å². The van der Waals surface area contributed by atoms with Gasteiger partial charge in [0, 0.05) is 5.39 Å². The molecule has 0 aliphatic rings. The molecule has 2 rings (SSSR count). The van der Waals surface area contributed by atoms with Crippen LogP contribution in [0.25, 0.3) is 10.9 Å². The summed E-state index contributed by atoms with van der Waals surface area (Å²) in [5, 5.41) is 0.975. The van der Waals surface area contributed by atoms with Crippen molar-refractivity contribution in [1.82, 2.24) is 4.98 Å². The third kappa shape index (κ3) is 2.20. The van der Waals surface area contributed by atoms with Crippen molar-refractivity contribution in [3.63, 3.8) is 0 Å². The largest absolute Gasteiger partial charge is 0.496 e. The molecule has 88 valence electrons. The van der Waals surface area contributed by atoms with Gasteiger partial charge in [0.25, 0.3) is 0 Å². The first-order valence-corrected chi connectivity index (χ1v) is 5.33. The summed E-state index contributed by atoms with van der Waals surface area (Å²) >= 11 is 0. The first-order chi connectivity index (χ1) is 8.11. The molecule has 0 fully saturated rings. The average molecular weight is 230 g/mol. The van der Waals surface area contributed by atoms with Crippen LogP contribution >= 0.6 is 0 Å². The smallest absolute Gasteiger partial charge is 0.223 e. The molecule has 4 nitrogen and oxygen atoms in total. The molecule has 0 saturated heterocycles. The lowest BCUT2D eigenvalue weighted by molar-refractivity contribution is -0.117. The van der Waals surface area contributed by atoms with Crippen LogP contribution in [0.1, 0.15) is 11.3 Å². The molecule has 1 aromatic carbocycles. The lowest BCUT2D eigenvalue weighted by Crippen LogP contribution is -2.14. The van der Waals surface area contributed by atoms with E-state index in [4.69, 9.17) is 10.5 Å². The second-order valence-corrected chi connectivity index (χ2v) is 3.93. The van der Waals surface area contributed by atoms with Gasteiger partial charge in [-0.05, 0) is 30.7 Å². The minimum atomic E-state index is -0.376. The lowest BCUT2D eigenvalue weighted by Gasteiger charge is -2.09. The number of nitrogens with zero attached hydrogens (tertiary/aromatic N) is 1. The predicted molar refractivity (Wildman–Crippen MR) is 65.9 cm³/mol. The number of ether oxygens (including phenoxy) is 1. The van der Waals surface area contributed by atoms with E-state index >= 15 is 0 Å². The van der Waals surface area contributed by atoms with Gasteiger partial charge in [-0.15, -0.1) is 0 Å². The van der Waals surface area contributed by atoms with E-state index in [1.54, 1.807) is 7.11 Å². The van der Waals surface area contributed by atoms with Crippen LogP contribution in [0.3, 0.4) is 0 Å². The molecule has 1 amide bonds. The summed E-state index contributed by atoms with van der Waals surface area (Å²) in [6, 6.07) is 7.54. The first-order valence-electron chi connectivity index (χ1n) is 5.33. The number of fused-ring (bicyclic) bond motifs is 1. The zero-order valence-electron chi connectivity index (χ0n) is 9.86. The van der Waals surface area contributed by atoms with Crippen LogP contribution in [0.2, 0.25) is 0 Å². The van der Waals surface area contributed by atoms with Crippen LogP contribution in [0.4, 0.5) is 0 Å². The number of rotatable bonds is 3. The second-order valence-electron chi connectivity index (χ2n) is 3.93. The fourth-order valence-corrected chi connectivity index (χ4v) is 1.96. The van der Waals surface area contributed by atoms with Gasteiger partial charge in [-0.1, -0.05) is 6.07 Å². The Morgan fingerprint density at radius 1 is 1.47 bits per heavy atom. The maximum Gasteiger partial charge on any atom is 0.223 e. The van der Waals surface area contributed by atoms with E-state index in [2.05, 4.69) is 4.98 Å². The molecule has 1 aromatic heterocycles. The van der Waals surface area contributed by atoms with Gasteiger partial charge in [0.05, 0.1) is 24.7 Å². The lowest BCUT2D eigenvalue weighted by atomic mass is 10.1. The number of aryl methyl sites for hydroxylation is 1. The maximum absolute atomic E-state index is 10.9. The van der Waals surface area contributed by atoms with Gasteiger partial charge in [0.1, 0.15) is 5.75 Å². The van der Waals surface area contributed by atoms with E-state index in [1.165, 1.54) is 0 Å². The first kappa shape index (κ1) is 11.4. The summed E-state index contributed by atoms with van der Waals surface area (Å²) in [4.78, 5) is 15.3. The van der Waals surface area contributed by atoms with E-state index < -0.39 is 0 Å². The number of primary amides is 1. The number of nitrogens with two attached hydrogens (primary N) is 1. The summed E-state index contributed by atoms with van der Waals surface area (Å²) in [5.74, 6) is 0.414. The fraction of sp³-hybridized carbons (Fsp3) is 0.231. The third-order valence-electron chi connectivity index (χ3n) is 2.62. The Morgan fingerprint density at radius 2 is 2.24 bits per heavy atom. The van der Waals surface area contributed by atoms with Crippen molar-refractivity contribution in [1.29, 1.82) is 0 Å². The van der Waals surface area contributed by atoms with E-state index in [0.29, 0.717) is 5.69 Å². The molecule has 0 bridgehead atoms. The van der Waals surface area contributed by atoms with Gasteiger partial charge >= 0.3 is 0 Å². The number of carbonyl (C=O) groups is 1. The molecule has 0 spiro atoms. The Kier molecular flexibility index (Phi) is 2.95. The highest BCUT2D eigenvalue weighted by Crippen LogP contribution is 2.27. The Bertz CT molecular complexity index is 579. The zero-order valence-corrected chi connectivity index (χ0v) is 9.86. The molecule has 2 N–H and O–H groups in total. The number of methoxy groups -OCH3 is 1. The monoisotopic (exact) mass is 230 g/mol. The summed E-state index contributed by atoms with van der Waals surface area (Å²) in [6.45, 7) is 1.97. The van der Waals surface area contributed by atoms with E-state index in [9.17, 15) is 4.79 Å². The molecule has 17 heavy (non-hydrogen) atoms. The van der Waals surface area contributed by atoms with Crippen molar-refractivity contribution in [2.24, 2.45) is 5.73 Å². The number of benzene rings is 1. The molecule has 0 unspecified atom stereocenters. The Morgan fingerprint density at radius 3 is 2.88 bits per heavy atom. The Hall–Kier alpha value is -2.10. The van der Waals surface area contributed by atoms with E-state index in [-0.39, 0.29) is 12.3 Å². The minimum absolute atomic E-state index is 0.161. The van der Waals surface area contributed by atoms with Gasteiger partial charge in [-0.25, -0.2) is 0 Å². The quantitative estimate of drug-likeness (QED) is 0.870. The van der Waals surface area contributed by atoms with Crippen molar-refractivity contribution < 1.29 is 9.53 Å². The summed E-state index contributed by atoms with van der Waals surface area (Å²) in [6.07, 6.45) is 0.161. The Balaban J connectivity index is 2.63. The summed E-state index contributed by atoms with van der Waals surface area (Å²) in [7, 11) is 1.63. The number of amides is 1. The van der Waals surface area contributed by atoms with Crippen LogP contribution < -0.4 is 10.5 Å². The van der Waals surface area contributed by atoms with Crippen LogP contribution in [-0.4, -0.2) is 18.0 Å². The average Bonchev–Trinajstić information content (AvgIpc) is 2.27. The summed E-state index contributed by atoms with van der Waals surface area (Å²) < 4.78 is 5.30. The van der Waals surface area contributed by atoms with Crippen LogP contribution in [0.5, 0.6) is 5.75 Å². The SMILES string of the molecule is COc1cccc2nc(CC(N)=O)cc(C)c12. The van der Waals surface area contributed by atoms with Gasteiger partial charge < -0.3 is 10.5 Å². The molecule has 2 aromatic rings. The topological polar surface area (TPSA) is 65.2 Å². The summed E-state index contributed by atoms with van der Waals surface area (Å²) in [5.41, 5.74) is 7.71. The van der Waals surface area contributed by atoms with E-state index in [1.807, 2.05) is 31.2 Å². The minimum Gasteiger partial charge on any atom is -0.496 e. The zero-order chi connectivity index (χ0) is 12.4. The second kappa shape index (κ2) is 4.41. The molecule has 4 heteroatoms. The van der Waals surface area contributed by atoms with E-state index in [0.717, 1.165) is 22.2 Å². The van der Waals surface area contributed by atoms with Crippen LogP contribution in [0, 0.1) is 6.92 Å². The number of pyridine rings is 1. The molecular weight excluding hydrogens is 216 g/mol. The number of carbonyl (C=O) groups excluding carboxylic acids is 1. The molecule has 0 aliphatic heterocycles. The van der Waals surface area contributed by atoms with Crippen LogP contribution in [-0.2, 0) is 11.2 Å². The molecule has 0 saturated carbocycles. The van der Waals surface area contributed by atoms with Gasteiger partial charge in [0.15, 0.2) is 0 Å². The van der Waals surface area contributed by atoms with Gasteiger partial charge in [0.2, 0.25) is 5.91 Å². The number of hydrogen-bond acceptors (Lipinski definition) is 3. The third-order valence-corrected chi connectivity index (χ3v) is 2.62.